The highest BCUT2D eigenvalue weighted by atomic mass is 35.5. The molecule has 1 saturated heterocycles. The number of carbonyl (C=O) groups excluding carboxylic acids is 1. The van der Waals surface area contributed by atoms with E-state index in [0.717, 1.165) is 40.5 Å². The van der Waals surface area contributed by atoms with Crippen molar-refractivity contribution in [3.8, 4) is 0 Å². The van der Waals surface area contributed by atoms with Gasteiger partial charge in [-0.1, -0.05) is 41.9 Å². The molecule has 0 aliphatic carbocycles. The van der Waals surface area contributed by atoms with Gasteiger partial charge in [0, 0.05) is 24.4 Å². The van der Waals surface area contributed by atoms with Crippen LogP contribution >= 0.6 is 11.6 Å². The molecular weight excluding hydrogens is 372 g/mol. The fraction of sp³-hybridized carbons (Fsp3) is 0.364. The van der Waals surface area contributed by atoms with E-state index >= 15 is 0 Å². The van der Waals surface area contributed by atoms with Crippen LogP contribution in [0.2, 0.25) is 5.02 Å². The molecule has 1 unspecified atom stereocenters. The minimum Gasteiger partial charge on any atom is -0.354 e. The highest BCUT2D eigenvalue weighted by molar-refractivity contribution is 6.31. The third-order valence-corrected chi connectivity index (χ3v) is 5.71. The molecule has 1 aliphatic rings. The average molecular weight is 397 g/mol. The van der Waals surface area contributed by atoms with Crippen molar-refractivity contribution in [1.82, 2.24) is 20.2 Å². The number of carbonyl (C=O) groups is 1. The summed E-state index contributed by atoms with van der Waals surface area (Å²) in [4.78, 5) is 22.7. The van der Waals surface area contributed by atoms with Crippen molar-refractivity contribution >= 4 is 28.5 Å². The van der Waals surface area contributed by atoms with Crippen LogP contribution in [0.4, 0.5) is 0 Å². The Labute approximate surface area is 170 Å². The third kappa shape index (κ3) is 4.37. The molecule has 4 rings (SSSR count). The second-order valence-electron chi connectivity index (χ2n) is 7.29. The largest absolute Gasteiger partial charge is 0.354 e. The molecule has 146 valence electrons. The molecule has 0 bridgehead atoms. The summed E-state index contributed by atoms with van der Waals surface area (Å²) in [6, 6.07) is 16.0. The van der Waals surface area contributed by atoms with E-state index in [1.165, 1.54) is 12.8 Å². The van der Waals surface area contributed by atoms with Crippen molar-refractivity contribution in [1.29, 1.82) is 0 Å². The number of hydrogen-bond donors (Lipinski definition) is 2. The Hall–Kier alpha value is -2.37. The average Bonchev–Trinajstić information content (AvgIpc) is 3.37. The Morgan fingerprint density at radius 3 is 2.68 bits per heavy atom. The molecule has 0 spiro atoms. The van der Waals surface area contributed by atoms with Gasteiger partial charge in [0.25, 0.3) is 0 Å². The molecule has 3 aromatic rings. The maximum atomic E-state index is 12.5. The van der Waals surface area contributed by atoms with Crippen LogP contribution in [0.3, 0.4) is 0 Å². The molecule has 1 atom stereocenters. The first kappa shape index (κ1) is 19.0. The molecule has 2 aromatic carbocycles. The van der Waals surface area contributed by atoms with Gasteiger partial charge in [-0.25, -0.2) is 4.98 Å². The maximum absolute atomic E-state index is 12.5. The summed E-state index contributed by atoms with van der Waals surface area (Å²) < 4.78 is 0. The van der Waals surface area contributed by atoms with E-state index in [4.69, 9.17) is 11.6 Å². The van der Waals surface area contributed by atoms with Crippen molar-refractivity contribution < 1.29 is 4.79 Å². The fourth-order valence-corrected chi connectivity index (χ4v) is 4.15. The number of nitrogens with one attached hydrogen (secondary N) is 2. The van der Waals surface area contributed by atoms with Crippen LogP contribution in [0.25, 0.3) is 11.0 Å². The van der Waals surface area contributed by atoms with Crippen LogP contribution in [0.5, 0.6) is 0 Å². The number of benzene rings is 2. The van der Waals surface area contributed by atoms with Gasteiger partial charge >= 0.3 is 0 Å². The van der Waals surface area contributed by atoms with Crippen LogP contribution in [0.1, 0.15) is 36.7 Å². The van der Waals surface area contributed by atoms with Gasteiger partial charge in [-0.05, 0) is 49.7 Å². The summed E-state index contributed by atoms with van der Waals surface area (Å²) in [6.07, 6.45) is 3.40. The predicted molar refractivity (Wildman–Crippen MR) is 112 cm³/mol. The Bertz CT molecular complexity index is 915. The number of amides is 1. The number of hydrogen-bond acceptors (Lipinski definition) is 3. The molecule has 28 heavy (non-hydrogen) atoms. The van der Waals surface area contributed by atoms with E-state index in [0.29, 0.717) is 19.4 Å². The van der Waals surface area contributed by atoms with E-state index in [-0.39, 0.29) is 11.9 Å². The van der Waals surface area contributed by atoms with Gasteiger partial charge in [0.05, 0.1) is 17.1 Å². The lowest BCUT2D eigenvalue weighted by atomic mass is 10.1. The highest BCUT2D eigenvalue weighted by Crippen LogP contribution is 2.29. The first-order chi connectivity index (χ1) is 13.7. The number of fused-ring (bicyclic) bond motifs is 1. The summed E-state index contributed by atoms with van der Waals surface area (Å²) in [5.74, 6) is 0.884. The zero-order valence-electron chi connectivity index (χ0n) is 15.8. The second kappa shape index (κ2) is 8.76. The van der Waals surface area contributed by atoms with Crippen molar-refractivity contribution in [2.75, 3.05) is 19.6 Å². The monoisotopic (exact) mass is 396 g/mol. The molecule has 6 heteroatoms. The summed E-state index contributed by atoms with van der Waals surface area (Å²) in [6.45, 7) is 2.66. The van der Waals surface area contributed by atoms with Gasteiger partial charge in [-0.3, -0.25) is 9.69 Å². The number of aryl methyl sites for hydroxylation is 1. The van der Waals surface area contributed by atoms with Gasteiger partial charge in [0.2, 0.25) is 5.91 Å². The molecule has 0 saturated carbocycles. The molecule has 1 aliphatic heterocycles. The normalized spacial score (nSPS) is 15.8. The molecule has 2 N–H and O–H groups in total. The minimum absolute atomic E-state index is 0.0386. The summed E-state index contributed by atoms with van der Waals surface area (Å²) in [7, 11) is 0. The number of H-pyrrole nitrogens is 1. The minimum atomic E-state index is 0.0386. The zero-order valence-corrected chi connectivity index (χ0v) is 16.6. The van der Waals surface area contributed by atoms with Crippen molar-refractivity contribution in [3.05, 3.63) is 64.9 Å². The number of halogens is 1. The Kier molecular flexibility index (Phi) is 5.93. The lowest BCUT2D eigenvalue weighted by Crippen LogP contribution is -2.37. The van der Waals surface area contributed by atoms with E-state index in [1.54, 1.807) is 0 Å². The highest BCUT2D eigenvalue weighted by Gasteiger charge is 2.25. The van der Waals surface area contributed by atoms with Gasteiger partial charge in [-0.15, -0.1) is 0 Å². The fourth-order valence-electron chi connectivity index (χ4n) is 3.89. The van der Waals surface area contributed by atoms with Crippen molar-refractivity contribution in [2.45, 2.75) is 31.7 Å². The number of rotatable bonds is 7. The Morgan fingerprint density at radius 2 is 1.89 bits per heavy atom. The van der Waals surface area contributed by atoms with Gasteiger partial charge < -0.3 is 10.3 Å². The second-order valence-corrected chi connectivity index (χ2v) is 7.69. The van der Waals surface area contributed by atoms with Crippen LogP contribution in [0, 0.1) is 0 Å². The van der Waals surface area contributed by atoms with E-state index in [2.05, 4.69) is 26.3 Å². The first-order valence-corrected chi connectivity index (χ1v) is 10.3. The maximum Gasteiger partial charge on any atom is 0.220 e. The molecule has 1 aromatic heterocycles. The first-order valence-electron chi connectivity index (χ1n) is 9.89. The number of para-hydroxylation sites is 2. The SMILES string of the molecule is O=C(CCc1nc2ccccc2[nH]1)NCC(c1ccccc1Cl)N1CCCC1. The smallest absolute Gasteiger partial charge is 0.220 e. The summed E-state index contributed by atoms with van der Waals surface area (Å²) in [5.41, 5.74) is 3.03. The van der Waals surface area contributed by atoms with E-state index < -0.39 is 0 Å². The van der Waals surface area contributed by atoms with Crippen molar-refractivity contribution in [2.24, 2.45) is 0 Å². The molecule has 1 fully saturated rings. The molecule has 0 radical (unpaired) electrons. The lowest BCUT2D eigenvalue weighted by Gasteiger charge is -2.29. The number of likely N-dealkylation sites (tertiary alicyclic amines) is 1. The standard InChI is InChI=1S/C22H25ClN4O/c23-17-8-2-1-7-16(17)20(27-13-5-6-14-27)15-24-22(28)12-11-21-25-18-9-3-4-10-19(18)26-21/h1-4,7-10,20H,5-6,11-15H2,(H,24,28)(H,25,26). The zero-order chi connectivity index (χ0) is 19.3. The van der Waals surface area contributed by atoms with Crippen molar-refractivity contribution in [3.63, 3.8) is 0 Å². The van der Waals surface area contributed by atoms with Crippen LogP contribution < -0.4 is 5.32 Å². The molecule has 5 nitrogen and oxygen atoms in total. The number of nitrogens with zero attached hydrogens (tertiary/aromatic N) is 2. The number of aromatic nitrogens is 2. The Balaban J connectivity index is 1.36. The van der Waals surface area contributed by atoms with E-state index in [9.17, 15) is 4.79 Å². The lowest BCUT2D eigenvalue weighted by molar-refractivity contribution is -0.121. The number of aromatic amines is 1. The van der Waals surface area contributed by atoms with Gasteiger partial charge in [0.15, 0.2) is 0 Å². The summed E-state index contributed by atoms with van der Waals surface area (Å²) in [5, 5.41) is 3.87. The molecular formula is C22H25ClN4O. The van der Waals surface area contributed by atoms with Crippen LogP contribution in [-0.4, -0.2) is 40.4 Å². The molecule has 1 amide bonds. The van der Waals surface area contributed by atoms with Gasteiger partial charge in [-0.2, -0.15) is 0 Å². The molecule has 2 heterocycles. The van der Waals surface area contributed by atoms with E-state index in [1.807, 2.05) is 42.5 Å². The quantitative estimate of drug-likeness (QED) is 0.632. The third-order valence-electron chi connectivity index (χ3n) is 5.37. The number of imidazole rings is 1. The predicted octanol–water partition coefficient (Wildman–Crippen LogP) is 4.10. The Morgan fingerprint density at radius 1 is 1.14 bits per heavy atom. The topological polar surface area (TPSA) is 61.0 Å². The van der Waals surface area contributed by atoms with Crippen LogP contribution in [0.15, 0.2) is 48.5 Å². The summed E-state index contributed by atoms with van der Waals surface area (Å²) >= 11 is 6.44. The van der Waals surface area contributed by atoms with Crippen LogP contribution in [-0.2, 0) is 11.2 Å². The van der Waals surface area contributed by atoms with Gasteiger partial charge in [0.1, 0.15) is 5.82 Å².